The summed E-state index contributed by atoms with van der Waals surface area (Å²) in [7, 11) is 1.77. The minimum Gasteiger partial charge on any atom is -0.371 e. The molecule has 1 aromatic carbocycles. The highest BCUT2D eigenvalue weighted by atomic mass is 19.4. The van der Waals surface area contributed by atoms with Crippen LogP contribution < -0.4 is 5.32 Å². The first-order chi connectivity index (χ1) is 13.4. The van der Waals surface area contributed by atoms with E-state index in [1.807, 2.05) is 6.92 Å². The standard InChI is InChI=1S/C19H22F6N2O2/c1-10-15-6-14(26-2)7-17(28)27(15)8-16(10)29-9-11-3-12(18(20,21)22)5-13(4-11)19(23,24)25/h3-5,10,14-16,26H,6-9H2,1-2H3. The van der Waals surface area contributed by atoms with Crippen LogP contribution in [0.1, 0.15) is 36.5 Å². The highest BCUT2D eigenvalue weighted by Crippen LogP contribution is 2.38. The fraction of sp³-hybridized carbons (Fsp3) is 0.632. The fourth-order valence-electron chi connectivity index (χ4n) is 4.09. The van der Waals surface area contributed by atoms with Crippen LogP contribution in [-0.4, -0.2) is 42.6 Å². The number of carbonyl (C=O) groups excluding carboxylic acids is 1. The van der Waals surface area contributed by atoms with Crippen LogP contribution in [0.15, 0.2) is 18.2 Å². The van der Waals surface area contributed by atoms with Gasteiger partial charge in [-0.2, -0.15) is 26.3 Å². The molecule has 2 fully saturated rings. The highest BCUT2D eigenvalue weighted by Gasteiger charge is 2.46. The van der Waals surface area contributed by atoms with E-state index >= 15 is 0 Å². The van der Waals surface area contributed by atoms with Crippen molar-refractivity contribution in [3.8, 4) is 0 Å². The van der Waals surface area contributed by atoms with E-state index < -0.39 is 36.2 Å². The lowest BCUT2D eigenvalue weighted by atomic mass is 9.90. The van der Waals surface area contributed by atoms with Crippen LogP contribution in [0.5, 0.6) is 0 Å². The summed E-state index contributed by atoms with van der Waals surface area (Å²) in [5, 5.41) is 3.08. The molecular weight excluding hydrogens is 402 g/mol. The van der Waals surface area contributed by atoms with Gasteiger partial charge >= 0.3 is 12.4 Å². The number of fused-ring (bicyclic) bond motifs is 1. The number of alkyl halides is 6. The van der Waals surface area contributed by atoms with E-state index in [0.717, 1.165) is 6.42 Å². The second-order valence-electron chi connectivity index (χ2n) is 7.66. The van der Waals surface area contributed by atoms with Crippen molar-refractivity contribution in [2.45, 2.75) is 56.9 Å². The molecule has 162 valence electrons. The molecule has 0 radical (unpaired) electrons. The third-order valence-corrected chi connectivity index (χ3v) is 5.76. The summed E-state index contributed by atoms with van der Waals surface area (Å²) < 4.78 is 83.7. The number of nitrogens with zero attached hydrogens (tertiary/aromatic N) is 1. The average Bonchev–Trinajstić information content (AvgIpc) is 2.95. The minimum absolute atomic E-state index is 0.0306. The van der Waals surface area contributed by atoms with Crippen molar-refractivity contribution in [1.29, 1.82) is 0 Å². The molecule has 4 atom stereocenters. The molecule has 0 aliphatic carbocycles. The van der Waals surface area contributed by atoms with Gasteiger partial charge in [0.1, 0.15) is 0 Å². The number of piperidine rings is 1. The van der Waals surface area contributed by atoms with E-state index in [1.54, 1.807) is 11.9 Å². The smallest absolute Gasteiger partial charge is 0.371 e. The Bertz CT molecular complexity index is 732. The zero-order valence-electron chi connectivity index (χ0n) is 15.9. The SMILES string of the molecule is CNC1CC(=O)N2CC(OCc3cc(C(F)(F)F)cc(C(F)(F)F)c3)C(C)C2C1. The molecular formula is C19H22F6N2O2. The van der Waals surface area contributed by atoms with Crippen molar-refractivity contribution in [3.63, 3.8) is 0 Å². The minimum atomic E-state index is -4.90. The monoisotopic (exact) mass is 424 g/mol. The Morgan fingerprint density at radius 2 is 1.69 bits per heavy atom. The third kappa shape index (κ3) is 4.69. The summed E-state index contributed by atoms with van der Waals surface area (Å²) in [6.07, 6.45) is -9.17. The molecule has 2 heterocycles. The first-order valence-corrected chi connectivity index (χ1v) is 9.27. The summed E-state index contributed by atoms with van der Waals surface area (Å²) in [5.74, 6) is -0.111. The topological polar surface area (TPSA) is 41.6 Å². The summed E-state index contributed by atoms with van der Waals surface area (Å²) in [5.41, 5.74) is -2.94. The van der Waals surface area contributed by atoms with Crippen LogP contribution in [0.25, 0.3) is 0 Å². The highest BCUT2D eigenvalue weighted by molar-refractivity contribution is 5.78. The molecule has 1 N–H and O–H groups in total. The second-order valence-corrected chi connectivity index (χ2v) is 7.66. The van der Waals surface area contributed by atoms with E-state index in [4.69, 9.17) is 4.74 Å². The number of hydrogen-bond acceptors (Lipinski definition) is 3. The maximum atomic E-state index is 13.0. The maximum Gasteiger partial charge on any atom is 0.416 e. The van der Waals surface area contributed by atoms with Crippen molar-refractivity contribution in [3.05, 3.63) is 34.9 Å². The van der Waals surface area contributed by atoms with Gasteiger partial charge in [-0.3, -0.25) is 4.79 Å². The number of ether oxygens (including phenoxy) is 1. The maximum absolute atomic E-state index is 13.0. The molecule has 2 aliphatic rings. The molecule has 1 amide bonds. The first kappa shape index (κ1) is 21.9. The van der Waals surface area contributed by atoms with Crippen LogP contribution in [0.4, 0.5) is 26.3 Å². The Morgan fingerprint density at radius 3 is 2.21 bits per heavy atom. The zero-order chi connectivity index (χ0) is 21.6. The van der Waals surface area contributed by atoms with Gasteiger partial charge in [0.05, 0.1) is 23.8 Å². The van der Waals surface area contributed by atoms with Gasteiger partial charge in [0.2, 0.25) is 5.91 Å². The third-order valence-electron chi connectivity index (χ3n) is 5.76. The van der Waals surface area contributed by atoms with Crippen molar-refractivity contribution in [2.24, 2.45) is 5.92 Å². The van der Waals surface area contributed by atoms with Crippen LogP contribution in [0, 0.1) is 5.92 Å². The van der Waals surface area contributed by atoms with Crippen LogP contribution in [0.2, 0.25) is 0 Å². The molecule has 0 aromatic heterocycles. The number of rotatable bonds is 4. The van der Waals surface area contributed by atoms with E-state index in [2.05, 4.69) is 5.32 Å². The normalized spacial score (nSPS) is 28.0. The quantitative estimate of drug-likeness (QED) is 0.747. The lowest BCUT2D eigenvalue weighted by Crippen LogP contribution is -2.49. The van der Waals surface area contributed by atoms with Gasteiger partial charge in [-0.1, -0.05) is 6.92 Å². The van der Waals surface area contributed by atoms with Gasteiger partial charge in [0.15, 0.2) is 0 Å². The van der Waals surface area contributed by atoms with Crippen molar-refractivity contribution < 1.29 is 35.9 Å². The molecule has 0 saturated carbocycles. The molecule has 2 saturated heterocycles. The van der Waals surface area contributed by atoms with Crippen molar-refractivity contribution in [2.75, 3.05) is 13.6 Å². The zero-order valence-corrected chi connectivity index (χ0v) is 15.9. The summed E-state index contributed by atoms with van der Waals surface area (Å²) >= 11 is 0. The molecule has 0 bridgehead atoms. The Labute approximate surface area is 164 Å². The van der Waals surface area contributed by atoms with E-state index in [1.165, 1.54) is 0 Å². The lowest BCUT2D eigenvalue weighted by Gasteiger charge is -2.35. The molecule has 1 aromatic rings. The van der Waals surface area contributed by atoms with Gasteiger partial charge in [-0.15, -0.1) is 0 Å². The lowest BCUT2D eigenvalue weighted by molar-refractivity contribution is -0.143. The van der Waals surface area contributed by atoms with Crippen LogP contribution in [0.3, 0.4) is 0 Å². The summed E-state index contributed by atoms with van der Waals surface area (Å²) in [6.45, 7) is 1.77. The van der Waals surface area contributed by atoms with Crippen LogP contribution >= 0.6 is 0 Å². The predicted molar refractivity (Wildman–Crippen MR) is 91.8 cm³/mol. The van der Waals surface area contributed by atoms with Gasteiger partial charge in [0, 0.05) is 31.0 Å². The number of carbonyl (C=O) groups is 1. The fourth-order valence-corrected chi connectivity index (χ4v) is 4.09. The molecule has 0 spiro atoms. The predicted octanol–water partition coefficient (Wildman–Crippen LogP) is 3.84. The Balaban J connectivity index is 1.75. The molecule has 3 rings (SSSR count). The molecule has 4 nitrogen and oxygen atoms in total. The van der Waals surface area contributed by atoms with E-state index in [-0.39, 0.29) is 42.1 Å². The van der Waals surface area contributed by atoms with Gasteiger partial charge in [-0.25, -0.2) is 0 Å². The Morgan fingerprint density at radius 1 is 1.10 bits per heavy atom. The molecule has 2 aliphatic heterocycles. The van der Waals surface area contributed by atoms with Gasteiger partial charge in [0.25, 0.3) is 0 Å². The Kier molecular flexibility index (Phi) is 5.88. The van der Waals surface area contributed by atoms with E-state index in [0.29, 0.717) is 18.6 Å². The Hall–Kier alpha value is -1.81. The summed E-state index contributed by atoms with van der Waals surface area (Å²) in [4.78, 5) is 14.0. The van der Waals surface area contributed by atoms with Gasteiger partial charge < -0.3 is 15.0 Å². The second kappa shape index (κ2) is 7.79. The molecule has 4 unspecified atom stereocenters. The first-order valence-electron chi connectivity index (χ1n) is 9.27. The average molecular weight is 424 g/mol. The number of halogens is 6. The van der Waals surface area contributed by atoms with Crippen LogP contribution in [-0.2, 0) is 28.5 Å². The number of benzene rings is 1. The van der Waals surface area contributed by atoms with Crippen molar-refractivity contribution in [1.82, 2.24) is 10.2 Å². The van der Waals surface area contributed by atoms with Crippen molar-refractivity contribution >= 4 is 5.91 Å². The van der Waals surface area contributed by atoms with E-state index in [9.17, 15) is 31.1 Å². The molecule has 10 heteroatoms. The number of hydrogen-bond donors (Lipinski definition) is 1. The summed E-state index contributed by atoms with van der Waals surface area (Å²) in [6, 6.07) is 1.42. The van der Waals surface area contributed by atoms with Gasteiger partial charge in [-0.05, 0) is 37.2 Å². The number of amides is 1. The number of nitrogens with one attached hydrogen (secondary N) is 1. The molecule has 29 heavy (non-hydrogen) atoms. The largest absolute Gasteiger partial charge is 0.416 e.